The molecule has 2 aliphatic heterocycles. The molecule has 0 atom stereocenters. The minimum atomic E-state index is -0.00451. The zero-order chi connectivity index (χ0) is 17.8. The summed E-state index contributed by atoms with van der Waals surface area (Å²) in [7, 11) is 0. The van der Waals surface area contributed by atoms with Crippen molar-refractivity contribution in [3.05, 3.63) is 23.3 Å². The predicted molar refractivity (Wildman–Crippen MR) is 94.2 cm³/mol. The Balaban J connectivity index is 1.64. The first-order valence-electron chi connectivity index (χ1n) is 9.07. The molecule has 1 aromatic carbocycles. The van der Waals surface area contributed by atoms with E-state index in [0.717, 1.165) is 18.4 Å². The molecular formula is C19H26N2O4. The van der Waals surface area contributed by atoms with Gasteiger partial charge in [-0.3, -0.25) is 9.59 Å². The molecule has 136 valence electrons. The smallest absolute Gasteiger partial charge is 0.254 e. The number of aryl methyl sites for hydroxylation is 1. The van der Waals surface area contributed by atoms with Crippen molar-refractivity contribution in [2.75, 3.05) is 39.4 Å². The van der Waals surface area contributed by atoms with Gasteiger partial charge in [0.25, 0.3) is 5.91 Å². The van der Waals surface area contributed by atoms with E-state index < -0.39 is 0 Å². The quantitative estimate of drug-likeness (QED) is 0.839. The van der Waals surface area contributed by atoms with Crippen LogP contribution in [0.2, 0.25) is 0 Å². The third kappa shape index (κ3) is 3.89. The Kier molecular flexibility index (Phi) is 5.46. The van der Waals surface area contributed by atoms with Crippen LogP contribution in [0.15, 0.2) is 12.1 Å². The van der Waals surface area contributed by atoms with Gasteiger partial charge in [-0.05, 0) is 31.0 Å². The van der Waals surface area contributed by atoms with E-state index in [1.807, 2.05) is 22.8 Å². The Morgan fingerprint density at radius 2 is 1.60 bits per heavy atom. The van der Waals surface area contributed by atoms with Crippen LogP contribution in [0, 0.1) is 6.92 Å². The molecule has 0 bridgehead atoms. The van der Waals surface area contributed by atoms with Crippen molar-refractivity contribution in [3.63, 3.8) is 0 Å². The van der Waals surface area contributed by atoms with Crippen molar-refractivity contribution in [1.29, 1.82) is 0 Å². The van der Waals surface area contributed by atoms with Crippen molar-refractivity contribution in [2.45, 2.75) is 33.1 Å². The first-order chi connectivity index (χ1) is 12.1. The van der Waals surface area contributed by atoms with Crippen LogP contribution < -0.4 is 9.47 Å². The maximum absolute atomic E-state index is 12.9. The number of carbonyl (C=O) groups is 2. The van der Waals surface area contributed by atoms with Crippen LogP contribution in [0.5, 0.6) is 11.5 Å². The Morgan fingerprint density at radius 3 is 2.24 bits per heavy atom. The largest absolute Gasteiger partial charge is 0.486 e. The number of ether oxygens (including phenoxy) is 2. The summed E-state index contributed by atoms with van der Waals surface area (Å²) in [5, 5.41) is 0. The molecule has 1 fully saturated rings. The number of benzene rings is 1. The average Bonchev–Trinajstić information content (AvgIpc) is 2.65. The molecule has 2 heterocycles. The highest BCUT2D eigenvalue weighted by Crippen LogP contribution is 2.33. The van der Waals surface area contributed by atoms with Gasteiger partial charge in [-0.1, -0.05) is 13.3 Å². The fraction of sp³-hybridized carbons (Fsp3) is 0.579. The Bertz CT molecular complexity index is 651. The predicted octanol–water partition coefficient (Wildman–Crippen LogP) is 2.24. The van der Waals surface area contributed by atoms with Crippen LogP contribution >= 0.6 is 0 Å². The molecule has 3 rings (SSSR count). The third-order valence-electron chi connectivity index (χ3n) is 4.78. The second-order valence-electron chi connectivity index (χ2n) is 6.59. The van der Waals surface area contributed by atoms with Crippen LogP contribution in [0.25, 0.3) is 0 Å². The Hall–Kier alpha value is -2.24. The molecule has 0 aromatic heterocycles. The van der Waals surface area contributed by atoms with E-state index in [2.05, 4.69) is 6.92 Å². The van der Waals surface area contributed by atoms with E-state index in [4.69, 9.17) is 9.47 Å². The summed E-state index contributed by atoms with van der Waals surface area (Å²) < 4.78 is 11.2. The molecule has 1 saturated heterocycles. The zero-order valence-electron chi connectivity index (χ0n) is 15.0. The lowest BCUT2D eigenvalue weighted by Gasteiger charge is -2.35. The molecule has 0 radical (unpaired) electrons. The number of amides is 2. The maximum Gasteiger partial charge on any atom is 0.254 e. The van der Waals surface area contributed by atoms with Gasteiger partial charge < -0.3 is 19.3 Å². The number of hydrogen-bond donors (Lipinski definition) is 0. The molecule has 25 heavy (non-hydrogen) atoms. The highest BCUT2D eigenvalue weighted by molar-refractivity contribution is 5.96. The second-order valence-corrected chi connectivity index (χ2v) is 6.59. The molecule has 6 heteroatoms. The second kappa shape index (κ2) is 7.76. The molecule has 0 unspecified atom stereocenters. The van der Waals surface area contributed by atoms with Crippen LogP contribution in [0.3, 0.4) is 0 Å². The average molecular weight is 346 g/mol. The SMILES string of the molecule is CCCCC(=O)N1CCN(C(=O)c2cc3c(cc2C)OCCO3)CC1. The lowest BCUT2D eigenvalue weighted by molar-refractivity contribution is -0.132. The topological polar surface area (TPSA) is 59.1 Å². The summed E-state index contributed by atoms with van der Waals surface area (Å²) in [6.45, 7) is 7.40. The van der Waals surface area contributed by atoms with E-state index in [1.165, 1.54) is 0 Å². The van der Waals surface area contributed by atoms with E-state index >= 15 is 0 Å². The molecule has 2 aliphatic rings. The van der Waals surface area contributed by atoms with Crippen molar-refractivity contribution in [1.82, 2.24) is 9.80 Å². The van der Waals surface area contributed by atoms with Gasteiger partial charge in [0.15, 0.2) is 11.5 Å². The van der Waals surface area contributed by atoms with E-state index in [0.29, 0.717) is 62.9 Å². The summed E-state index contributed by atoms with van der Waals surface area (Å²) in [5.74, 6) is 1.53. The molecular weight excluding hydrogens is 320 g/mol. The Morgan fingerprint density at radius 1 is 1.00 bits per heavy atom. The van der Waals surface area contributed by atoms with Crippen LogP contribution in [-0.4, -0.2) is 61.0 Å². The minimum Gasteiger partial charge on any atom is -0.486 e. The molecule has 6 nitrogen and oxygen atoms in total. The summed E-state index contributed by atoms with van der Waals surface area (Å²) in [5.41, 5.74) is 1.53. The van der Waals surface area contributed by atoms with Gasteiger partial charge in [0.2, 0.25) is 5.91 Å². The van der Waals surface area contributed by atoms with Gasteiger partial charge in [-0.15, -0.1) is 0 Å². The number of piperazine rings is 1. The monoisotopic (exact) mass is 346 g/mol. The molecule has 0 N–H and O–H groups in total. The third-order valence-corrected chi connectivity index (χ3v) is 4.78. The molecule has 2 amide bonds. The van der Waals surface area contributed by atoms with Crippen molar-refractivity contribution < 1.29 is 19.1 Å². The summed E-state index contributed by atoms with van der Waals surface area (Å²) >= 11 is 0. The number of nitrogens with zero attached hydrogens (tertiary/aromatic N) is 2. The van der Waals surface area contributed by atoms with Gasteiger partial charge in [-0.2, -0.15) is 0 Å². The molecule has 0 aliphatic carbocycles. The number of unbranched alkanes of at least 4 members (excludes halogenated alkanes) is 1. The summed E-state index contributed by atoms with van der Waals surface area (Å²) in [6.07, 6.45) is 2.55. The standard InChI is InChI=1S/C19H26N2O4/c1-3-4-5-18(22)20-6-8-21(9-7-20)19(23)15-13-17-16(12-14(15)2)24-10-11-25-17/h12-13H,3-11H2,1-2H3. The van der Waals surface area contributed by atoms with Gasteiger partial charge in [0.1, 0.15) is 13.2 Å². The van der Waals surface area contributed by atoms with Crippen LogP contribution in [0.1, 0.15) is 42.1 Å². The van der Waals surface area contributed by atoms with Gasteiger partial charge in [-0.25, -0.2) is 0 Å². The zero-order valence-corrected chi connectivity index (χ0v) is 15.0. The normalized spacial score (nSPS) is 16.7. The number of rotatable bonds is 4. The van der Waals surface area contributed by atoms with Crippen molar-refractivity contribution in [2.24, 2.45) is 0 Å². The van der Waals surface area contributed by atoms with Crippen LogP contribution in [0.4, 0.5) is 0 Å². The summed E-state index contributed by atoms with van der Waals surface area (Å²) in [4.78, 5) is 28.7. The van der Waals surface area contributed by atoms with Crippen LogP contribution in [-0.2, 0) is 4.79 Å². The number of hydrogen-bond acceptors (Lipinski definition) is 4. The van der Waals surface area contributed by atoms with E-state index in [1.54, 1.807) is 6.07 Å². The molecule has 0 saturated carbocycles. The minimum absolute atomic E-state index is 0.00451. The maximum atomic E-state index is 12.9. The first-order valence-corrected chi connectivity index (χ1v) is 9.07. The number of fused-ring (bicyclic) bond motifs is 1. The van der Waals surface area contributed by atoms with Crippen molar-refractivity contribution in [3.8, 4) is 11.5 Å². The number of carbonyl (C=O) groups excluding carboxylic acids is 2. The summed E-state index contributed by atoms with van der Waals surface area (Å²) in [6, 6.07) is 3.65. The van der Waals surface area contributed by atoms with E-state index in [9.17, 15) is 9.59 Å². The van der Waals surface area contributed by atoms with Gasteiger partial charge in [0.05, 0.1) is 0 Å². The fourth-order valence-corrected chi connectivity index (χ4v) is 3.24. The van der Waals surface area contributed by atoms with Crippen molar-refractivity contribution >= 4 is 11.8 Å². The highest BCUT2D eigenvalue weighted by Gasteiger charge is 2.26. The lowest BCUT2D eigenvalue weighted by atomic mass is 10.1. The Labute approximate surface area is 148 Å². The highest BCUT2D eigenvalue weighted by atomic mass is 16.6. The first kappa shape index (κ1) is 17.6. The fourth-order valence-electron chi connectivity index (χ4n) is 3.24. The lowest BCUT2D eigenvalue weighted by Crippen LogP contribution is -2.50. The van der Waals surface area contributed by atoms with Gasteiger partial charge >= 0.3 is 0 Å². The van der Waals surface area contributed by atoms with E-state index in [-0.39, 0.29) is 11.8 Å². The van der Waals surface area contributed by atoms with Gasteiger partial charge in [0, 0.05) is 38.2 Å². The molecule has 1 aromatic rings. The molecule has 0 spiro atoms.